The number of anilines is 1. The van der Waals surface area contributed by atoms with Crippen LogP contribution in [0.2, 0.25) is 5.02 Å². The third-order valence-corrected chi connectivity index (χ3v) is 3.28. The van der Waals surface area contributed by atoms with Gasteiger partial charge in [-0.25, -0.2) is 14.6 Å². The Morgan fingerprint density at radius 3 is 2.83 bits per heavy atom. The topological polar surface area (TPSA) is 96.5 Å². The first-order valence-electron chi connectivity index (χ1n) is 6.50. The van der Waals surface area contributed by atoms with E-state index >= 15 is 0 Å². The number of carbonyl (C=O) groups is 1. The van der Waals surface area contributed by atoms with Crippen molar-refractivity contribution < 1.29 is 4.79 Å². The molecule has 23 heavy (non-hydrogen) atoms. The number of amides is 1. The minimum absolute atomic E-state index is 0.243. The molecule has 3 rings (SSSR count). The van der Waals surface area contributed by atoms with Gasteiger partial charge in [0.25, 0.3) is 5.91 Å². The molecule has 0 saturated carbocycles. The van der Waals surface area contributed by atoms with E-state index in [-0.39, 0.29) is 11.5 Å². The van der Waals surface area contributed by atoms with E-state index in [0.29, 0.717) is 22.2 Å². The number of nitriles is 1. The highest BCUT2D eigenvalue weighted by Gasteiger charge is 2.11. The SMILES string of the molecule is N#Cc1cc(C(=O)Nc2cnn(-c3ncccn3)c2)ccc1Cl. The summed E-state index contributed by atoms with van der Waals surface area (Å²) in [5, 5.41) is 16.0. The van der Waals surface area contributed by atoms with Gasteiger partial charge in [-0.1, -0.05) is 11.6 Å². The molecule has 0 fully saturated rings. The molecule has 8 heteroatoms. The van der Waals surface area contributed by atoms with E-state index in [4.69, 9.17) is 16.9 Å². The summed E-state index contributed by atoms with van der Waals surface area (Å²) in [6, 6.07) is 8.12. The third kappa shape index (κ3) is 3.17. The molecule has 0 unspecified atom stereocenters. The molecule has 3 aromatic rings. The molecule has 2 heterocycles. The molecule has 0 aliphatic heterocycles. The van der Waals surface area contributed by atoms with E-state index in [9.17, 15) is 4.79 Å². The van der Waals surface area contributed by atoms with Gasteiger partial charge in [-0.2, -0.15) is 10.4 Å². The maximum absolute atomic E-state index is 12.2. The Hall–Kier alpha value is -3.24. The Morgan fingerprint density at radius 1 is 1.30 bits per heavy atom. The quantitative estimate of drug-likeness (QED) is 0.798. The largest absolute Gasteiger partial charge is 0.319 e. The van der Waals surface area contributed by atoms with Crippen molar-refractivity contribution in [1.82, 2.24) is 19.7 Å². The van der Waals surface area contributed by atoms with E-state index in [1.54, 1.807) is 30.7 Å². The number of rotatable bonds is 3. The van der Waals surface area contributed by atoms with Crippen molar-refractivity contribution in [2.45, 2.75) is 0 Å². The van der Waals surface area contributed by atoms with Crippen molar-refractivity contribution in [3.63, 3.8) is 0 Å². The molecule has 0 atom stereocenters. The molecule has 7 nitrogen and oxygen atoms in total. The Morgan fingerprint density at radius 2 is 2.09 bits per heavy atom. The lowest BCUT2D eigenvalue weighted by atomic mass is 10.1. The Bertz CT molecular complexity index is 900. The lowest BCUT2D eigenvalue weighted by Gasteiger charge is -2.03. The normalized spacial score (nSPS) is 10.1. The molecular formula is C15H9ClN6O. The minimum Gasteiger partial charge on any atom is -0.319 e. The fourth-order valence-corrected chi connectivity index (χ4v) is 2.02. The zero-order valence-electron chi connectivity index (χ0n) is 11.6. The minimum atomic E-state index is -0.369. The zero-order chi connectivity index (χ0) is 16.2. The van der Waals surface area contributed by atoms with E-state index in [2.05, 4.69) is 20.4 Å². The maximum atomic E-state index is 12.2. The molecule has 1 amide bonds. The van der Waals surface area contributed by atoms with Crippen molar-refractivity contribution in [3.05, 3.63) is 65.2 Å². The van der Waals surface area contributed by atoms with Crippen LogP contribution in [-0.2, 0) is 0 Å². The lowest BCUT2D eigenvalue weighted by Crippen LogP contribution is -2.11. The average molecular weight is 325 g/mol. The molecular weight excluding hydrogens is 316 g/mol. The Kier molecular flexibility index (Phi) is 3.99. The molecule has 0 aliphatic carbocycles. The number of aromatic nitrogens is 4. The smallest absolute Gasteiger partial charge is 0.255 e. The van der Waals surface area contributed by atoms with Crippen LogP contribution in [0, 0.1) is 11.3 Å². The number of hydrogen-bond acceptors (Lipinski definition) is 5. The van der Waals surface area contributed by atoms with Crippen molar-refractivity contribution in [2.24, 2.45) is 0 Å². The molecule has 1 aromatic carbocycles. The van der Waals surface area contributed by atoms with Crippen LogP contribution in [-0.4, -0.2) is 25.7 Å². The molecule has 1 N–H and O–H groups in total. The van der Waals surface area contributed by atoms with Gasteiger partial charge < -0.3 is 5.32 Å². The first kappa shape index (κ1) is 14.7. The summed E-state index contributed by atoms with van der Waals surface area (Å²) >= 11 is 5.85. The summed E-state index contributed by atoms with van der Waals surface area (Å²) in [7, 11) is 0. The number of hydrogen-bond donors (Lipinski definition) is 1. The van der Waals surface area contributed by atoms with Crippen LogP contribution >= 0.6 is 11.6 Å². The number of carbonyl (C=O) groups excluding carboxylic acids is 1. The highest BCUT2D eigenvalue weighted by Crippen LogP contribution is 2.18. The monoisotopic (exact) mass is 324 g/mol. The molecule has 0 saturated heterocycles. The van der Waals surface area contributed by atoms with Crippen molar-refractivity contribution in [2.75, 3.05) is 5.32 Å². The summed E-state index contributed by atoms with van der Waals surface area (Å²) < 4.78 is 1.44. The first-order chi connectivity index (χ1) is 11.2. The Balaban J connectivity index is 1.79. The molecule has 0 radical (unpaired) electrons. The van der Waals surface area contributed by atoms with Gasteiger partial charge in [0.15, 0.2) is 0 Å². The third-order valence-electron chi connectivity index (χ3n) is 2.95. The van der Waals surface area contributed by atoms with Crippen molar-refractivity contribution in [1.29, 1.82) is 5.26 Å². The standard InChI is InChI=1S/C15H9ClN6O/c16-13-3-2-10(6-11(13)7-17)14(23)21-12-8-20-22(9-12)15-18-4-1-5-19-15/h1-6,8-9H,(H,21,23). The van der Waals surface area contributed by atoms with Crippen LogP contribution in [0.15, 0.2) is 49.1 Å². The zero-order valence-corrected chi connectivity index (χ0v) is 12.4. The van der Waals surface area contributed by atoms with Gasteiger partial charge in [-0.05, 0) is 24.3 Å². The number of benzene rings is 1. The molecule has 112 valence electrons. The van der Waals surface area contributed by atoms with E-state index in [1.165, 1.54) is 23.0 Å². The van der Waals surface area contributed by atoms with E-state index in [1.807, 2.05) is 6.07 Å². The summed E-state index contributed by atoms with van der Waals surface area (Å²) in [6.45, 7) is 0. The maximum Gasteiger partial charge on any atom is 0.255 e. The molecule has 0 spiro atoms. The second-order valence-electron chi connectivity index (χ2n) is 4.48. The summed E-state index contributed by atoms with van der Waals surface area (Å²) in [6.07, 6.45) is 6.27. The van der Waals surface area contributed by atoms with Gasteiger partial charge in [-0.15, -0.1) is 0 Å². The molecule has 0 bridgehead atoms. The fraction of sp³-hybridized carbons (Fsp3) is 0. The summed E-state index contributed by atoms with van der Waals surface area (Å²) in [4.78, 5) is 20.3. The van der Waals surface area contributed by atoms with E-state index < -0.39 is 0 Å². The highest BCUT2D eigenvalue weighted by molar-refractivity contribution is 6.31. The van der Waals surface area contributed by atoms with Crippen LogP contribution < -0.4 is 5.32 Å². The molecule has 2 aromatic heterocycles. The van der Waals surface area contributed by atoms with Crippen LogP contribution in [0.3, 0.4) is 0 Å². The van der Waals surface area contributed by atoms with Gasteiger partial charge in [0.05, 0.1) is 28.7 Å². The van der Waals surface area contributed by atoms with Crippen LogP contribution in [0.1, 0.15) is 15.9 Å². The van der Waals surface area contributed by atoms with Crippen molar-refractivity contribution >= 4 is 23.2 Å². The van der Waals surface area contributed by atoms with Gasteiger partial charge in [0, 0.05) is 18.0 Å². The lowest BCUT2D eigenvalue weighted by molar-refractivity contribution is 0.102. The number of halogens is 1. The number of nitrogens with zero attached hydrogens (tertiary/aromatic N) is 5. The van der Waals surface area contributed by atoms with Crippen molar-refractivity contribution in [3.8, 4) is 12.0 Å². The van der Waals surface area contributed by atoms with E-state index in [0.717, 1.165) is 0 Å². The molecule has 0 aliphatic rings. The first-order valence-corrected chi connectivity index (χ1v) is 6.88. The average Bonchev–Trinajstić information content (AvgIpc) is 3.04. The highest BCUT2D eigenvalue weighted by atomic mass is 35.5. The predicted molar refractivity (Wildman–Crippen MR) is 83.3 cm³/mol. The van der Waals surface area contributed by atoms with Gasteiger partial charge in [-0.3, -0.25) is 4.79 Å². The van der Waals surface area contributed by atoms with Gasteiger partial charge in [0.1, 0.15) is 6.07 Å². The van der Waals surface area contributed by atoms with Gasteiger partial charge in [0.2, 0.25) is 5.95 Å². The second kappa shape index (κ2) is 6.25. The number of nitrogens with one attached hydrogen (secondary N) is 1. The summed E-state index contributed by atoms with van der Waals surface area (Å²) in [5.74, 6) is 0.0259. The van der Waals surface area contributed by atoms with Crippen LogP contribution in [0.5, 0.6) is 0 Å². The predicted octanol–water partition coefficient (Wildman–Crippen LogP) is 2.44. The van der Waals surface area contributed by atoms with Crippen LogP contribution in [0.25, 0.3) is 5.95 Å². The Labute approximate surface area is 136 Å². The summed E-state index contributed by atoms with van der Waals surface area (Å²) in [5.41, 5.74) is 1.05. The fourth-order valence-electron chi connectivity index (χ4n) is 1.86. The van der Waals surface area contributed by atoms with Gasteiger partial charge >= 0.3 is 0 Å². The second-order valence-corrected chi connectivity index (χ2v) is 4.89. The van der Waals surface area contributed by atoms with Crippen LogP contribution in [0.4, 0.5) is 5.69 Å².